The van der Waals surface area contributed by atoms with Gasteiger partial charge in [-0.3, -0.25) is 4.79 Å². The minimum Gasteiger partial charge on any atom is -0.294 e. The SMILES string of the molecule is CC(=O)c1ccc(C#N)cc1Sc1nnc(C)s1. The van der Waals surface area contributed by atoms with Gasteiger partial charge in [-0.05, 0) is 32.0 Å². The van der Waals surface area contributed by atoms with Crippen LogP contribution in [0.15, 0.2) is 27.4 Å². The first kappa shape index (κ1) is 12.7. The van der Waals surface area contributed by atoms with E-state index in [1.54, 1.807) is 18.2 Å². The van der Waals surface area contributed by atoms with Crippen molar-refractivity contribution in [1.29, 1.82) is 5.26 Å². The number of rotatable bonds is 3. The third-order valence-electron chi connectivity index (χ3n) is 2.19. The van der Waals surface area contributed by atoms with E-state index in [1.165, 1.54) is 30.0 Å². The topological polar surface area (TPSA) is 66.6 Å². The Labute approximate surface area is 113 Å². The van der Waals surface area contributed by atoms with Gasteiger partial charge in [-0.2, -0.15) is 5.26 Å². The summed E-state index contributed by atoms with van der Waals surface area (Å²) in [5.74, 6) is -0.0248. The average Bonchev–Trinajstić information content (AvgIpc) is 2.74. The highest BCUT2D eigenvalue weighted by Crippen LogP contribution is 2.33. The van der Waals surface area contributed by atoms with Crippen LogP contribution in [0.5, 0.6) is 0 Å². The number of carbonyl (C=O) groups excluding carboxylic acids is 1. The van der Waals surface area contributed by atoms with Crippen LogP contribution in [0.1, 0.15) is 27.9 Å². The summed E-state index contributed by atoms with van der Waals surface area (Å²) < 4.78 is 0.769. The number of benzene rings is 1. The van der Waals surface area contributed by atoms with Gasteiger partial charge in [0, 0.05) is 10.5 Å². The summed E-state index contributed by atoms with van der Waals surface area (Å²) in [6, 6.07) is 7.10. The first-order valence-electron chi connectivity index (χ1n) is 5.13. The highest BCUT2D eigenvalue weighted by molar-refractivity contribution is 8.01. The monoisotopic (exact) mass is 275 g/mol. The van der Waals surface area contributed by atoms with Crippen LogP contribution in [0.2, 0.25) is 0 Å². The van der Waals surface area contributed by atoms with E-state index < -0.39 is 0 Å². The second-order valence-corrected chi connectivity index (χ2v) is 6.04. The van der Waals surface area contributed by atoms with Crippen LogP contribution in [0, 0.1) is 18.3 Å². The predicted molar refractivity (Wildman–Crippen MR) is 69.9 cm³/mol. The zero-order valence-electron chi connectivity index (χ0n) is 9.80. The standard InChI is InChI=1S/C12H9N3OS2/c1-7(16)10-4-3-9(6-13)5-11(10)18-12-15-14-8(2)17-12/h3-5H,1-2H3. The molecule has 1 aromatic heterocycles. The van der Waals surface area contributed by atoms with Crippen molar-refractivity contribution in [3.63, 3.8) is 0 Å². The van der Waals surface area contributed by atoms with Crippen molar-refractivity contribution in [2.24, 2.45) is 0 Å². The lowest BCUT2D eigenvalue weighted by Gasteiger charge is -2.04. The highest BCUT2D eigenvalue weighted by Gasteiger charge is 2.12. The smallest absolute Gasteiger partial charge is 0.179 e. The molecule has 0 radical (unpaired) electrons. The molecule has 0 spiro atoms. The van der Waals surface area contributed by atoms with E-state index in [9.17, 15) is 4.79 Å². The Morgan fingerprint density at radius 2 is 2.22 bits per heavy atom. The number of hydrogen-bond donors (Lipinski definition) is 0. The average molecular weight is 275 g/mol. The number of Topliss-reactive ketones (excluding diaryl/α,β-unsaturated/α-hetero) is 1. The number of ketones is 1. The summed E-state index contributed by atoms with van der Waals surface area (Å²) in [5, 5.41) is 17.7. The van der Waals surface area contributed by atoms with Gasteiger partial charge in [-0.15, -0.1) is 10.2 Å². The number of nitriles is 1. The molecule has 0 saturated carbocycles. The second-order valence-electron chi connectivity index (χ2n) is 3.57. The maximum absolute atomic E-state index is 11.5. The Bertz CT molecular complexity index is 643. The zero-order valence-corrected chi connectivity index (χ0v) is 11.4. The normalized spacial score (nSPS) is 10.1. The molecule has 0 aliphatic carbocycles. The maximum atomic E-state index is 11.5. The highest BCUT2D eigenvalue weighted by atomic mass is 32.2. The van der Waals surface area contributed by atoms with E-state index in [4.69, 9.17) is 5.26 Å². The van der Waals surface area contributed by atoms with Crippen LogP contribution in [0.4, 0.5) is 0 Å². The summed E-state index contributed by atoms with van der Waals surface area (Å²) in [4.78, 5) is 12.3. The second kappa shape index (κ2) is 5.29. The van der Waals surface area contributed by atoms with E-state index in [-0.39, 0.29) is 5.78 Å². The molecule has 6 heteroatoms. The van der Waals surface area contributed by atoms with Gasteiger partial charge in [-0.25, -0.2) is 0 Å². The minimum atomic E-state index is -0.0248. The zero-order chi connectivity index (χ0) is 13.1. The van der Waals surface area contributed by atoms with Crippen LogP contribution in [-0.2, 0) is 0 Å². The Morgan fingerprint density at radius 1 is 1.44 bits per heavy atom. The lowest BCUT2D eigenvalue weighted by molar-refractivity contribution is 0.101. The Kier molecular flexibility index (Phi) is 3.75. The predicted octanol–water partition coefficient (Wildman–Crippen LogP) is 3.07. The molecule has 2 aromatic rings. The van der Waals surface area contributed by atoms with Crippen molar-refractivity contribution in [2.75, 3.05) is 0 Å². The summed E-state index contributed by atoms with van der Waals surface area (Å²) in [6.07, 6.45) is 0. The van der Waals surface area contributed by atoms with Crippen molar-refractivity contribution in [1.82, 2.24) is 10.2 Å². The van der Waals surface area contributed by atoms with Crippen LogP contribution in [-0.4, -0.2) is 16.0 Å². The number of hydrogen-bond acceptors (Lipinski definition) is 6. The van der Waals surface area contributed by atoms with Gasteiger partial charge in [0.1, 0.15) is 5.01 Å². The van der Waals surface area contributed by atoms with Gasteiger partial charge in [0.15, 0.2) is 10.1 Å². The minimum absolute atomic E-state index is 0.0248. The maximum Gasteiger partial charge on any atom is 0.179 e. The lowest BCUT2D eigenvalue weighted by Crippen LogP contribution is -1.95. The van der Waals surface area contributed by atoms with Crippen LogP contribution < -0.4 is 0 Å². The molecule has 1 aromatic carbocycles. The van der Waals surface area contributed by atoms with Crippen molar-refractivity contribution in [3.8, 4) is 6.07 Å². The summed E-state index contributed by atoms with van der Waals surface area (Å²) in [6.45, 7) is 3.39. The number of nitrogens with zero attached hydrogens (tertiary/aromatic N) is 3. The fraction of sp³-hybridized carbons (Fsp3) is 0.167. The molecule has 0 saturated heterocycles. The molecule has 90 valence electrons. The Morgan fingerprint density at radius 3 is 2.78 bits per heavy atom. The van der Waals surface area contributed by atoms with Gasteiger partial charge in [0.05, 0.1) is 11.6 Å². The van der Waals surface area contributed by atoms with E-state index in [0.29, 0.717) is 11.1 Å². The van der Waals surface area contributed by atoms with Gasteiger partial charge < -0.3 is 0 Å². The van der Waals surface area contributed by atoms with Crippen LogP contribution >= 0.6 is 23.1 Å². The van der Waals surface area contributed by atoms with Crippen molar-refractivity contribution in [3.05, 3.63) is 34.3 Å². The first-order chi connectivity index (χ1) is 8.60. The Hall–Kier alpha value is -1.71. The number of aromatic nitrogens is 2. The fourth-order valence-electron chi connectivity index (χ4n) is 1.38. The van der Waals surface area contributed by atoms with E-state index in [1.807, 2.05) is 6.92 Å². The molecule has 0 fully saturated rings. The largest absolute Gasteiger partial charge is 0.294 e. The summed E-state index contributed by atoms with van der Waals surface area (Å²) >= 11 is 2.83. The summed E-state index contributed by atoms with van der Waals surface area (Å²) in [7, 11) is 0. The molecule has 18 heavy (non-hydrogen) atoms. The molecule has 0 bridgehead atoms. The molecule has 0 N–H and O–H groups in total. The van der Waals surface area contributed by atoms with Gasteiger partial charge in [-0.1, -0.05) is 23.1 Å². The van der Waals surface area contributed by atoms with Crippen molar-refractivity contribution in [2.45, 2.75) is 23.1 Å². The molecule has 0 aliphatic heterocycles. The van der Waals surface area contributed by atoms with E-state index in [2.05, 4.69) is 16.3 Å². The quantitative estimate of drug-likeness (QED) is 0.805. The molecule has 0 unspecified atom stereocenters. The molecular formula is C12H9N3OS2. The number of carbonyl (C=O) groups is 1. The van der Waals surface area contributed by atoms with Crippen LogP contribution in [0.3, 0.4) is 0 Å². The van der Waals surface area contributed by atoms with Crippen molar-refractivity contribution < 1.29 is 4.79 Å². The molecule has 0 amide bonds. The third-order valence-corrected chi connectivity index (χ3v) is 4.14. The van der Waals surface area contributed by atoms with Crippen molar-refractivity contribution >= 4 is 28.9 Å². The molecule has 0 atom stereocenters. The molecule has 2 rings (SSSR count). The third kappa shape index (κ3) is 2.75. The van der Waals surface area contributed by atoms with Gasteiger partial charge in [0.2, 0.25) is 0 Å². The number of aryl methyl sites for hydroxylation is 1. The Balaban J connectivity index is 2.41. The first-order valence-corrected chi connectivity index (χ1v) is 6.76. The molecule has 4 nitrogen and oxygen atoms in total. The lowest BCUT2D eigenvalue weighted by atomic mass is 10.1. The van der Waals surface area contributed by atoms with E-state index >= 15 is 0 Å². The molecule has 0 aliphatic rings. The van der Waals surface area contributed by atoms with E-state index in [0.717, 1.165) is 14.2 Å². The summed E-state index contributed by atoms with van der Waals surface area (Å²) in [5.41, 5.74) is 1.13. The molecule has 1 heterocycles. The van der Waals surface area contributed by atoms with Gasteiger partial charge >= 0.3 is 0 Å². The van der Waals surface area contributed by atoms with Gasteiger partial charge in [0.25, 0.3) is 0 Å². The fourth-order valence-corrected chi connectivity index (χ4v) is 3.37. The van der Waals surface area contributed by atoms with Crippen LogP contribution in [0.25, 0.3) is 0 Å². The molecular weight excluding hydrogens is 266 g/mol.